The van der Waals surface area contributed by atoms with Crippen molar-refractivity contribution in [3.05, 3.63) is 28.9 Å². The molecule has 14 heteroatoms. The lowest BCUT2D eigenvalue weighted by molar-refractivity contribution is -0.209. The number of benzene rings is 1. The van der Waals surface area contributed by atoms with Gasteiger partial charge in [0.05, 0.1) is 18.5 Å². The summed E-state index contributed by atoms with van der Waals surface area (Å²) in [4.78, 5) is 4.56. The van der Waals surface area contributed by atoms with Crippen LogP contribution < -0.4 is 9.46 Å². The fourth-order valence-electron chi connectivity index (χ4n) is 3.06. The molecule has 0 aliphatic heterocycles. The Hall–Kier alpha value is -2.26. The number of aryl methyl sites for hydroxylation is 1. The maximum Gasteiger partial charge on any atom is 0.415 e. The summed E-state index contributed by atoms with van der Waals surface area (Å²) in [6.07, 6.45) is -7.06. The zero-order valence-corrected chi connectivity index (χ0v) is 20.0. The lowest BCUT2D eigenvalue weighted by atomic mass is 10.1. The lowest BCUT2D eigenvalue weighted by Crippen LogP contribution is -2.42. The standard InChI is InChI=1S/C19H23F3N4O5S2/c1-10-15(26-17(24-10)32-16(25-26)18(2,3)27)11-6-7-12(30-4)13(8-11)33(28,29)23-9-14(31-5)19(20,21)22/h6-8,14,23,27H,9H2,1-5H3. The highest BCUT2D eigenvalue weighted by atomic mass is 32.2. The van der Waals surface area contributed by atoms with Crippen molar-refractivity contribution in [2.75, 3.05) is 20.8 Å². The van der Waals surface area contributed by atoms with Crippen molar-refractivity contribution < 1.29 is 36.2 Å². The molecule has 1 aromatic carbocycles. The van der Waals surface area contributed by atoms with Gasteiger partial charge >= 0.3 is 6.18 Å². The number of rotatable bonds is 8. The maximum absolute atomic E-state index is 13.0. The first kappa shape index (κ1) is 25.4. The summed E-state index contributed by atoms with van der Waals surface area (Å²) < 4.78 is 77.5. The number of halogens is 3. The summed E-state index contributed by atoms with van der Waals surface area (Å²) in [6.45, 7) is 3.86. The van der Waals surface area contributed by atoms with E-state index in [1.165, 1.54) is 35.1 Å². The van der Waals surface area contributed by atoms with Crippen LogP contribution in [0.25, 0.3) is 16.2 Å². The van der Waals surface area contributed by atoms with Crippen LogP contribution in [0.3, 0.4) is 0 Å². The molecule has 1 unspecified atom stereocenters. The maximum atomic E-state index is 13.0. The van der Waals surface area contributed by atoms with Crippen LogP contribution in [0, 0.1) is 6.92 Å². The van der Waals surface area contributed by atoms with Crippen LogP contribution in [0.5, 0.6) is 5.75 Å². The Morgan fingerprint density at radius 3 is 2.48 bits per heavy atom. The van der Waals surface area contributed by atoms with Crippen molar-refractivity contribution >= 4 is 26.3 Å². The number of sulfonamides is 1. The Bertz CT molecular complexity index is 1260. The van der Waals surface area contributed by atoms with E-state index in [1.807, 2.05) is 4.72 Å². The first-order valence-corrected chi connectivity index (χ1v) is 11.9. The van der Waals surface area contributed by atoms with Gasteiger partial charge in [-0.3, -0.25) is 0 Å². The van der Waals surface area contributed by atoms with Gasteiger partial charge in [0.25, 0.3) is 0 Å². The molecule has 0 fully saturated rings. The second-order valence-corrected chi connectivity index (χ2v) is 10.4. The zero-order valence-electron chi connectivity index (χ0n) is 18.4. The number of imidazole rings is 1. The molecular weight excluding hydrogens is 485 g/mol. The molecule has 3 aromatic rings. The van der Waals surface area contributed by atoms with Crippen LogP contribution in [0.4, 0.5) is 13.2 Å². The molecule has 1 atom stereocenters. The highest BCUT2D eigenvalue weighted by molar-refractivity contribution is 7.89. The van der Waals surface area contributed by atoms with E-state index in [1.54, 1.807) is 26.8 Å². The van der Waals surface area contributed by atoms with Crippen LogP contribution in [-0.2, 0) is 20.4 Å². The highest BCUT2D eigenvalue weighted by Gasteiger charge is 2.40. The number of aliphatic hydroxyl groups is 1. The number of ether oxygens (including phenoxy) is 2. The van der Waals surface area contributed by atoms with Gasteiger partial charge in [-0.25, -0.2) is 22.6 Å². The third-order valence-corrected chi connectivity index (χ3v) is 7.40. The Labute approximate surface area is 192 Å². The minimum atomic E-state index is -4.74. The van der Waals surface area contributed by atoms with E-state index in [9.17, 15) is 26.7 Å². The van der Waals surface area contributed by atoms with E-state index in [-0.39, 0.29) is 10.6 Å². The summed E-state index contributed by atoms with van der Waals surface area (Å²) in [5, 5.41) is 15.1. The molecule has 3 rings (SSSR count). The Morgan fingerprint density at radius 2 is 1.94 bits per heavy atom. The molecule has 0 aliphatic carbocycles. The quantitative estimate of drug-likeness (QED) is 0.481. The summed E-state index contributed by atoms with van der Waals surface area (Å²) in [6, 6.07) is 4.25. The number of methoxy groups -OCH3 is 2. The van der Waals surface area contributed by atoms with Gasteiger partial charge in [-0.05, 0) is 39.0 Å². The molecule has 0 saturated carbocycles. The van der Waals surface area contributed by atoms with Crippen LogP contribution >= 0.6 is 11.3 Å². The minimum Gasteiger partial charge on any atom is -0.495 e. The fourth-order valence-corrected chi connectivity index (χ4v) is 5.23. The Morgan fingerprint density at radius 1 is 1.27 bits per heavy atom. The highest BCUT2D eigenvalue weighted by Crippen LogP contribution is 2.34. The van der Waals surface area contributed by atoms with E-state index in [2.05, 4.69) is 14.8 Å². The van der Waals surface area contributed by atoms with E-state index in [0.717, 1.165) is 7.11 Å². The number of hydrogen-bond donors (Lipinski definition) is 2. The van der Waals surface area contributed by atoms with Crippen molar-refractivity contribution in [3.63, 3.8) is 0 Å². The van der Waals surface area contributed by atoms with Crippen molar-refractivity contribution in [2.24, 2.45) is 0 Å². The average molecular weight is 509 g/mol. The summed E-state index contributed by atoms with van der Waals surface area (Å²) in [7, 11) is -2.31. The number of aromatic nitrogens is 3. The smallest absolute Gasteiger partial charge is 0.415 e. The topological polar surface area (TPSA) is 115 Å². The Kier molecular flexibility index (Phi) is 6.79. The molecule has 0 amide bonds. The van der Waals surface area contributed by atoms with E-state index in [0.29, 0.717) is 26.9 Å². The Balaban J connectivity index is 2.06. The zero-order chi connectivity index (χ0) is 24.8. The van der Waals surface area contributed by atoms with Crippen LogP contribution in [0.15, 0.2) is 23.1 Å². The third-order valence-electron chi connectivity index (χ3n) is 4.74. The summed E-state index contributed by atoms with van der Waals surface area (Å²) >= 11 is 1.18. The molecule has 9 nitrogen and oxygen atoms in total. The third kappa shape index (κ3) is 5.14. The second-order valence-electron chi connectivity index (χ2n) is 7.69. The monoisotopic (exact) mass is 508 g/mol. The van der Waals surface area contributed by atoms with E-state index in [4.69, 9.17) is 4.74 Å². The molecule has 182 valence electrons. The van der Waals surface area contributed by atoms with Gasteiger partial charge in [0.2, 0.25) is 15.0 Å². The predicted octanol–water partition coefficient (Wildman–Crippen LogP) is 2.86. The van der Waals surface area contributed by atoms with E-state index < -0.39 is 34.4 Å². The van der Waals surface area contributed by atoms with Crippen molar-refractivity contribution in [3.8, 4) is 17.0 Å². The molecule has 0 spiro atoms. The van der Waals surface area contributed by atoms with Crippen molar-refractivity contribution in [1.82, 2.24) is 19.3 Å². The molecule has 2 heterocycles. The van der Waals surface area contributed by atoms with Gasteiger partial charge in [0.1, 0.15) is 21.3 Å². The normalized spacial score (nSPS) is 14.1. The average Bonchev–Trinajstić information content (AvgIpc) is 3.23. The summed E-state index contributed by atoms with van der Waals surface area (Å²) in [5.74, 6) is -0.0545. The van der Waals surface area contributed by atoms with Gasteiger partial charge in [-0.1, -0.05) is 11.3 Å². The SMILES string of the molecule is COc1ccc(-c2c(C)nc3sc(C(C)(C)O)nn23)cc1S(=O)(=O)NCC(OC)C(F)(F)F. The van der Waals surface area contributed by atoms with Crippen LogP contribution in [-0.4, -0.2) is 61.2 Å². The van der Waals surface area contributed by atoms with Gasteiger partial charge in [-0.15, -0.1) is 0 Å². The van der Waals surface area contributed by atoms with E-state index >= 15 is 0 Å². The number of nitrogens with one attached hydrogen (secondary N) is 1. The molecule has 0 aliphatic rings. The molecular formula is C19H23F3N4O5S2. The molecule has 2 N–H and O–H groups in total. The number of alkyl halides is 3. The predicted molar refractivity (Wildman–Crippen MR) is 115 cm³/mol. The number of hydrogen-bond acceptors (Lipinski definition) is 8. The number of nitrogens with zero attached hydrogens (tertiary/aromatic N) is 3. The molecule has 2 aromatic heterocycles. The molecule has 33 heavy (non-hydrogen) atoms. The molecule has 0 radical (unpaired) electrons. The van der Waals surface area contributed by atoms with Crippen LogP contribution in [0.1, 0.15) is 24.5 Å². The van der Waals surface area contributed by atoms with Crippen molar-refractivity contribution in [2.45, 2.75) is 43.5 Å². The minimum absolute atomic E-state index is 0.0545. The first-order chi connectivity index (χ1) is 15.2. The molecule has 0 saturated heterocycles. The molecule has 0 bridgehead atoms. The lowest BCUT2D eigenvalue weighted by Gasteiger charge is -2.19. The first-order valence-electron chi connectivity index (χ1n) is 9.55. The summed E-state index contributed by atoms with van der Waals surface area (Å²) in [5.41, 5.74) is 0.216. The van der Waals surface area contributed by atoms with Gasteiger partial charge in [0.15, 0.2) is 6.10 Å². The van der Waals surface area contributed by atoms with Crippen molar-refractivity contribution in [1.29, 1.82) is 0 Å². The number of fused-ring (bicyclic) bond motifs is 1. The second kappa shape index (κ2) is 8.83. The van der Waals surface area contributed by atoms with Crippen LogP contribution in [0.2, 0.25) is 0 Å². The van der Waals surface area contributed by atoms with Gasteiger partial charge < -0.3 is 14.6 Å². The van der Waals surface area contributed by atoms with Gasteiger partial charge in [-0.2, -0.15) is 18.3 Å². The van der Waals surface area contributed by atoms with Gasteiger partial charge in [0, 0.05) is 19.2 Å². The largest absolute Gasteiger partial charge is 0.495 e. The fraction of sp³-hybridized carbons (Fsp3) is 0.474.